The third kappa shape index (κ3) is 16.6. The molecule has 0 aliphatic carbocycles. The van der Waals surface area contributed by atoms with Gasteiger partial charge in [-0.15, -0.1) is 0 Å². The normalized spacial score (nSPS) is 11.3. The fourth-order valence-electron chi connectivity index (χ4n) is 2.89. The van der Waals surface area contributed by atoms with Crippen LogP contribution in [0.15, 0.2) is 23.8 Å². The average Bonchev–Trinajstić information content (AvgIpc) is 2.68. The molecule has 0 aliphatic heterocycles. The molecule has 0 aromatic carbocycles. The molecular formula is C24H42O4. The van der Waals surface area contributed by atoms with Gasteiger partial charge < -0.3 is 9.47 Å². The number of ether oxygens (including phenoxy) is 2. The van der Waals surface area contributed by atoms with Gasteiger partial charge in [0.25, 0.3) is 0 Å². The molecule has 0 heterocycles. The van der Waals surface area contributed by atoms with Gasteiger partial charge in [-0.25, -0.2) is 9.59 Å². The van der Waals surface area contributed by atoms with Gasteiger partial charge in [0.1, 0.15) is 13.2 Å². The van der Waals surface area contributed by atoms with Crippen molar-refractivity contribution in [3.05, 3.63) is 23.8 Å². The van der Waals surface area contributed by atoms with Crippen molar-refractivity contribution in [2.24, 2.45) is 0 Å². The Morgan fingerprint density at radius 1 is 0.714 bits per heavy atom. The summed E-state index contributed by atoms with van der Waals surface area (Å²) in [6, 6.07) is 0. The molecular weight excluding hydrogens is 352 g/mol. The van der Waals surface area contributed by atoms with E-state index in [1.54, 1.807) is 13.8 Å². The Morgan fingerprint density at radius 2 is 1.14 bits per heavy atom. The van der Waals surface area contributed by atoms with E-state index in [2.05, 4.69) is 13.5 Å². The number of hydrogen-bond donors (Lipinski definition) is 0. The Labute approximate surface area is 172 Å². The second-order valence-electron chi connectivity index (χ2n) is 7.62. The Morgan fingerprint density at radius 3 is 1.61 bits per heavy atom. The highest BCUT2D eigenvalue weighted by Crippen LogP contribution is 2.13. The molecule has 0 atom stereocenters. The van der Waals surface area contributed by atoms with Crippen LogP contribution in [0.25, 0.3) is 0 Å². The van der Waals surface area contributed by atoms with Gasteiger partial charge in [0.05, 0.1) is 0 Å². The second-order valence-corrected chi connectivity index (χ2v) is 7.62. The van der Waals surface area contributed by atoms with Crippen molar-refractivity contribution < 1.29 is 19.1 Å². The molecule has 0 fully saturated rings. The Hall–Kier alpha value is -1.58. The molecule has 0 spiro atoms. The van der Waals surface area contributed by atoms with Gasteiger partial charge in [-0.05, 0) is 26.7 Å². The molecule has 0 radical (unpaired) electrons. The van der Waals surface area contributed by atoms with E-state index in [9.17, 15) is 9.59 Å². The lowest BCUT2D eigenvalue weighted by molar-refractivity contribution is -0.147. The minimum atomic E-state index is -0.463. The maximum Gasteiger partial charge on any atom is 0.333 e. The SMILES string of the molecule is C=C(C)C(=O)OCCOC(=O)C(C)=CCCCCCCCCCCCCCC. The van der Waals surface area contributed by atoms with E-state index >= 15 is 0 Å². The molecule has 0 aliphatic rings. The predicted molar refractivity (Wildman–Crippen MR) is 116 cm³/mol. The third-order valence-corrected chi connectivity index (χ3v) is 4.73. The largest absolute Gasteiger partial charge is 0.459 e. The fourth-order valence-corrected chi connectivity index (χ4v) is 2.89. The maximum absolute atomic E-state index is 11.8. The van der Waals surface area contributed by atoms with Gasteiger partial charge in [-0.3, -0.25) is 0 Å². The zero-order chi connectivity index (χ0) is 21.0. The van der Waals surface area contributed by atoms with Gasteiger partial charge in [-0.1, -0.05) is 90.2 Å². The molecule has 4 heteroatoms. The zero-order valence-corrected chi connectivity index (χ0v) is 18.5. The fraction of sp³-hybridized carbons (Fsp3) is 0.750. The first-order valence-corrected chi connectivity index (χ1v) is 11.2. The minimum absolute atomic E-state index is 0.0590. The lowest BCUT2D eigenvalue weighted by atomic mass is 10.0. The first kappa shape index (κ1) is 26.4. The molecule has 162 valence electrons. The van der Waals surface area contributed by atoms with E-state index in [0.29, 0.717) is 11.1 Å². The van der Waals surface area contributed by atoms with E-state index in [-0.39, 0.29) is 19.2 Å². The van der Waals surface area contributed by atoms with E-state index in [0.717, 1.165) is 12.8 Å². The van der Waals surface area contributed by atoms with Crippen LogP contribution >= 0.6 is 0 Å². The molecule has 4 nitrogen and oxygen atoms in total. The molecule has 0 unspecified atom stereocenters. The van der Waals surface area contributed by atoms with E-state index in [1.165, 1.54) is 70.6 Å². The van der Waals surface area contributed by atoms with E-state index < -0.39 is 5.97 Å². The highest BCUT2D eigenvalue weighted by molar-refractivity contribution is 5.88. The van der Waals surface area contributed by atoms with Crippen molar-refractivity contribution in [1.29, 1.82) is 0 Å². The average molecular weight is 395 g/mol. The minimum Gasteiger partial charge on any atom is -0.459 e. The van der Waals surface area contributed by atoms with Gasteiger partial charge in [0, 0.05) is 11.1 Å². The summed E-state index contributed by atoms with van der Waals surface area (Å²) < 4.78 is 9.96. The highest BCUT2D eigenvalue weighted by Gasteiger charge is 2.07. The summed E-state index contributed by atoms with van der Waals surface area (Å²) in [7, 11) is 0. The number of hydrogen-bond acceptors (Lipinski definition) is 4. The van der Waals surface area contributed by atoms with E-state index in [4.69, 9.17) is 9.47 Å². The summed E-state index contributed by atoms with van der Waals surface area (Å²) in [5.41, 5.74) is 0.958. The lowest BCUT2D eigenvalue weighted by Crippen LogP contribution is -2.14. The van der Waals surface area contributed by atoms with E-state index in [1.807, 2.05) is 6.08 Å². The van der Waals surface area contributed by atoms with Crippen LogP contribution in [0.2, 0.25) is 0 Å². The van der Waals surface area contributed by atoms with Crippen LogP contribution in [0, 0.1) is 0 Å². The monoisotopic (exact) mass is 394 g/mol. The summed E-state index contributed by atoms with van der Waals surface area (Å²) in [5.74, 6) is -0.805. The van der Waals surface area contributed by atoms with Gasteiger partial charge in [0.15, 0.2) is 0 Å². The Balaban J connectivity index is 3.51. The lowest BCUT2D eigenvalue weighted by Gasteiger charge is -2.06. The third-order valence-electron chi connectivity index (χ3n) is 4.73. The molecule has 0 aromatic heterocycles. The first-order valence-electron chi connectivity index (χ1n) is 11.2. The molecule has 0 saturated carbocycles. The predicted octanol–water partition coefficient (Wildman–Crippen LogP) is 6.69. The molecule has 0 amide bonds. The molecule has 0 aromatic rings. The van der Waals surface area contributed by atoms with Crippen LogP contribution < -0.4 is 0 Å². The van der Waals surface area contributed by atoms with Crippen LogP contribution in [0.3, 0.4) is 0 Å². The van der Waals surface area contributed by atoms with Crippen molar-refractivity contribution >= 4 is 11.9 Å². The maximum atomic E-state index is 11.8. The summed E-state index contributed by atoms with van der Waals surface area (Å²) in [4.78, 5) is 23.0. The number of carbonyl (C=O) groups is 2. The summed E-state index contributed by atoms with van der Waals surface area (Å²) in [6.45, 7) is 9.23. The van der Waals surface area contributed by atoms with Crippen LogP contribution in [0.4, 0.5) is 0 Å². The molecule has 0 saturated heterocycles. The molecule has 28 heavy (non-hydrogen) atoms. The standard InChI is InChI=1S/C24H42O4/c1-5-6-7-8-9-10-11-12-13-14-15-16-17-18-22(4)24(26)28-20-19-27-23(25)21(2)3/h18H,2,5-17,19-20H2,1,3-4H3. The molecule has 0 rings (SSSR count). The van der Waals surface area contributed by atoms with Gasteiger partial charge in [0.2, 0.25) is 0 Å². The summed E-state index contributed by atoms with van der Waals surface area (Å²) in [5, 5.41) is 0. The molecule has 0 bridgehead atoms. The second kappa shape index (κ2) is 18.8. The number of esters is 2. The van der Waals surface area contributed by atoms with Crippen LogP contribution in [-0.4, -0.2) is 25.2 Å². The molecule has 0 N–H and O–H groups in total. The van der Waals surface area contributed by atoms with Crippen molar-refractivity contribution in [3.63, 3.8) is 0 Å². The smallest absolute Gasteiger partial charge is 0.333 e. The zero-order valence-electron chi connectivity index (χ0n) is 18.5. The Kier molecular flexibility index (Phi) is 17.7. The van der Waals surface area contributed by atoms with Crippen LogP contribution in [-0.2, 0) is 19.1 Å². The Bertz CT molecular complexity index is 465. The van der Waals surface area contributed by atoms with Gasteiger partial charge >= 0.3 is 11.9 Å². The van der Waals surface area contributed by atoms with Crippen molar-refractivity contribution in [3.8, 4) is 0 Å². The first-order chi connectivity index (χ1) is 13.5. The number of rotatable bonds is 18. The summed E-state index contributed by atoms with van der Waals surface area (Å²) >= 11 is 0. The number of carbonyl (C=O) groups excluding carboxylic acids is 2. The number of unbranched alkanes of at least 4 members (excludes halogenated alkanes) is 12. The summed E-state index contributed by atoms with van der Waals surface area (Å²) in [6.07, 6.45) is 18.8. The van der Waals surface area contributed by atoms with Crippen molar-refractivity contribution in [2.75, 3.05) is 13.2 Å². The van der Waals surface area contributed by atoms with Crippen molar-refractivity contribution in [1.82, 2.24) is 0 Å². The van der Waals surface area contributed by atoms with Gasteiger partial charge in [-0.2, -0.15) is 0 Å². The quantitative estimate of drug-likeness (QED) is 0.148. The van der Waals surface area contributed by atoms with Crippen LogP contribution in [0.5, 0.6) is 0 Å². The number of allylic oxidation sites excluding steroid dienone is 1. The van der Waals surface area contributed by atoms with Crippen LogP contribution in [0.1, 0.15) is 104 Å². The topological polar surface area (TPSA) is 52.6 Å². The van der Waals surface area contributed by atoms with Crippen molar-refractivity contribution in [2.45, 2.75) is 104 Å². The highest BCUT2D eigenvalue weighted by atomic mass is 16.6.